The molecule has 172 valence electrons. The Bertz CT molecular complexity index is 555. The summed E-state index contributed by atoms with van der Waals surface area (Å²) in [4.78, 5) is 59.5. The number of carbonyl (C=O) groups is 5. The Balaban J connectivity index is 4.48. The Morgan fingerprint density at radius 3 is 1.83 bits per heavy atom. The minimum absolute atomic E-state index is 0.0235. The lowest BCUT2D eigenvalue weighted by Gasteiger charge is -2.16. The minimum Gasteiger partial charge on any atom is -0.465 e. The molecule has 0 saturated heterocycles. The quantitative estimate of drug-likeness (QED) is 0.0993. The summed E-state index contributed by atoms with van der Waals surface area (Å²) in [5.74, 6) is -3.41. The lowest BCUT2D eigenvalue weighted by atomic mass is 10.0. The Kier molecular flexibility index (Phi) is 16.9. The number of amides is 4. The van der Waals surface area contributed by atoms with Gasteiger partial charge in [-0.3, -0.25) is 24.0 Å². The summed E-state index contributed by atoms with van der Waals surface area (Å²) >= 11 is 0. The van der Waals surface area contributed by atoms with E-state index in [1.807, 2.05) is 0 Å². The number of ether oxygens (including phenoxy) is 1. The number of carbonyl (C=O) groups excluding carboxylic acids is 5. The summed E-state index contributed by atoms with van der Waals surface area (Å²) in [6.45, 7) is 2.16. The zero-order valence-electron chi connectivity index (χ0n) is 17.5. The molecule has 0 radical (unpaired) electrons. The topological polar surface area (TPSA) is 143 Å². The molecule has 0 fully saturated rings. The van der Waals surface area contributed by atoms with Crippen LogP contribution in [0.2, 0.25) is 0 Å². The second kappa shape index (κ2) is 18.0. The third kappa shape index (κ3) is 14.2. The van der Waals surface area contributed by atoms with Gasteiger partial charge in [0.1, 0.15) is 12.5 Å². The van der Waals surface area contributed by atoms with Gasteiger partial charge in [0.15, 0.2) is 0 Å². The molecule has 10 nitrogen and oxygen atoms in total. The van der Waals surface area contributed by atoms with Gasteiger partial charge < -0.3 is 26.0 Å². The molecular weight excluding hydrogens is 430 g/mol. The largest absolute Gasteiger partial charge is 0.465 e. The molecule has 0 aliphatic carbocycles. The van der Waals surface area contributed by atoms with Gasteiger partial charge in [0.05, 0.1) is 13.2 Å². The van der Waals surface area contributed by atoms with E-state index >= 15 is 0 Å². The van der Waals surface area contributed by atoms with Gasteiger partial charge in [0.25, 0.3) is 0 Å². The lowest BCUT2D eigenvalue weighted by molar-refractivity contribution is -0.143. The van der Waals surface area contributed by atoms with E-state index in [1.165, 1.54) is 0 Å². The Morgan fingerprint density at radius 1 is 0.800 bits per heavy atom. The molecule has 4 amide bonds. The highest BCUT2D eigenvalue weighted by Crippen LogP contribution is 2.08. The van der Waals surface area contributed by atoms with Crippen molar-refractivity contribution in [2.45, 2.75) is 32.6 Å². The molecule has 0 bridgehead atoms. The van der Waals surface area contributed by atoms with Crippen LogP contribution in [0.25, 0.3) is 0 Å². The molecule has 4 N–H and O–H groups in total. The van der Waals surface area contributed by atoms with Crippen molar-refractivity contribution in [2.24, 2.45) is 5.92 Å². The fourth-order valence-electron chi connectivity index (χ4n) is 2.24. The first-order chi connectivity index (χ1) is 14.3. The van der Waals surface area contributed by atoms with Crippen molar-refractivity contribution in [3.05, 3.63) is 0 Å². The van der Waals surface area contributed by atoms with Gasteiger partial charge in [-0.2, -0.15) is 0 Å². The van der Waals surface area contributed by atoms with Crippen molar-refractivity contribution in [3.8, 4) is 0 Å². The molecule has 0 aromatic carbocycles. The van der Waals surface area contributed by atoms with Gasteiger partial charge in [0, 0.05) is 19.5 Å². The van der Waals surface area contributed by atoms with Crippen molar-refractivity contribution >= 4 is 48.1 Å². The Morgan fingerprint density at radius 2 is 1.33 bits per heavy atom. The Hall–Kier alpha value is -1.79. The second-order valence-corrected chi connectivity index (χ2v) is 7.47. The van der Waals surface area contributed by atoms with Crippen molar-refractivity contribution in [1.82, 2.24) is 21.3 Å². The van der Waals surface area contributed by atoms with E-state index in [4.69, 9.17) is 0 Å². The van der Waals surface area contributed by atoms with Gasteiger partial charge in [-0.1, -0.05) is 0 Å². The van der Waals surface area contributed by atoms with Crippen molar-refractivity contribution in [3.63, 3.8) is 0 Å². The standard InChI is InChI=1S/C18H34N4O6P2/c1-2-28-16(25)12-22-15(24)11-21-14(23)6-5-13(17(26)19-7-3-9-29)18(27)20-8-4-10-30/h13H,2-12,29-30H2,1H3,(H,19,26)(H,20,27)(H,21,23)(H,22,24). The van der Waals surface area contributed by atoms with Gasteiger partial charge >= 0.3 is 5.97 Å². The van der Waals surface area contributed by atoms with Crippen LogP contribution in [0.5, 0.6) is 0 Å². The van der Waals surface area contributed by atoms with Crippen LogP contribution in [0.1, 0.15) is 32.6 Å². The normalized spacial score (nSPS) is 10.3. The molecule has 12 heteroatoms. The number of nitrogens with one attached hydrogen (secondary N) is 4. The average Bonchev–Trinajstić information content (AvgIpc) is 2.71. The number of hydrogen-bond donors (Lipinski definition) is 4. The SMILES string of the molecule is CCOC(=O)CNC(=O)CNC(=O)CCC(C(=O)NCCCP)C(=O)NCCCP. The van der Waals surface area contributed by atoms with Crippen LogP contribution < -0.4 is 21.3 Å². The summed E-state index contributed by atoms with van der Waals surface area (Å²) in [7, 11) is 5.12. The van der Waals surface area contributed by atoms with Gasteiger partial charge in [-0.25, -0.2) is 0 Å². The van der Waals surface area contributed by atoms with Crippen LogP contribution >= 0.6 is 18.5 Å². The molecule has 0 aromatic rings. The number of hydrogen-bond acceptors (Lipinski definition) is 6. The predicted octanol–water partition coefficient (Wildman–Crippen LogP) is -1.06. The molecule has 2 unspecified atom stereocenters. The van der Waals surface area contributed by atoms with E-state index in [0.717, 1.165) is 25.2 Å². The molecule has 0 aliphatic heterocycles. The molecule has 2 atom stereocenters. The van der Waals surface area contributed by atoms with E-state index in [0.29, 0.717) is 13.1 Å². The first-order valence-electron chi connectivity index (χ1n) is 10.00. The minimum atomic E-state index is -0.984. The zero-order valence-corrected chi connectivity index (χ0v) is 19.8. The molecule has 30 heavy (non-hydrogen) atoms. The number of esters is 1. The van der Waals surface area contributed by atoms with E-state index < -0.39 is 35.5 Å². The molecule has 0 saturated carbocycles. The van der Waals surface area contributed by atoms with E-state index in [2.05, 4.69) is 44.5 Å². The highest BCUT2D eigenvalue weighted by molar-refractivity contribution is 7.16. The van der Waals surface area contributed by atoms with E-state index in [1.54, 1.807) is 6.92 Å². The van der Waals surface area contributed by atoms with Crippen LogP contribution in [0.15, 0.2) is 0 Å². The van der Waals surface area contributed by atoms with Gasteiger partial charge in [0.2, 0.25) is 23.6 Å². The monoisotopic (exact) mass is 464 g/mol. The summed E-state index contributed by atoms with van der Waals surface area (Å²) in [6, 6.07) is 0. The maximum Gasteiger partial charge on any atom is 0.325 e. The van der Waals surface area contributed by atoms with Crippen LogP contribution in [0, 0.1) is 5.92 Å². The van der Waals surface area contributed by atoms with Crippen molar-refractivity contribution in [2.75, 3.05) is 45.1 Å². The zero-order chi connectivity index (χ0) is 22.8. The Labute approximate surface area is 182 Å². The number of rotatable bonds is 16. The summed E-state index contributed by atoms with van der Waals surface area (Å²) in [5, 5.41) is 10.1. The molecule has 0 spiro atoms. The smallest absolute Gasteiger partial charge is 0.325 e. The predicted molar refractivity (Wildman–Crippen MR) is 120 cm³/mol. The molecule has 0 aliphatic rings. The molecule has 0 aromatic heterocycles. The van der Waals surface area contributed by atoms with Crippen LogP contribution in [-0.4, -0.2) is 74.7 Å². The summed E-state index contributed by atoms with van der Waals surface area (Å²) in [5.41, 5.74) is 0. The second-order valence-electron chi connectivity index (χ2n) is 6.32. The van der Waals surface area contributed by atoms with Crippen molar-refractivity contribution < 1.29 is 28.7 Å². The van der Waals surface area contributed by atoms with Gasteiger partial charge in [-0.05, 0) is 38.5 Å². The molecule has 0 rings (SSSR count). The maximum atomic E-state index is 12.4. The first-order valence-corrected chi connectivity index (χ1v) is 11.6. The van der Waals surface area contributed by atoms with Crippen molar-refractivity contribution in [1.29, 1.82) is 0 Å². The fraction of sp³-hybridized carbons (Fsp3) is 0.722. The third-order valence-corrected chi connectivity index (χ3v) is 4.65. The first kappa shape index (κ1) is 28.2. The molecular formula is C18H34N4O6P2. The van der Waals surface area contributed by atoms with Gasteiger partial charge in [-0.15, -0.1) is 18.5 Å². The average molecular weight is 464 g/mol. The van der Waals surface area contributed by atoms with E-state index in [9.17, 15) is 24.0 Å². The third-order valence-electron chi connectivity index (χ3n) is 3.83. The molecule has 0 heterocycles. The van der Waals surface area contributed by atoms with Crippen LogP contribution in [0.4, 0.5) is 0 Å². The lowest BCUT2D eigenvalue weighted by Crippen LogP contribution is -2.43. The fourth-order valence-corrected chi connectivity index (χ4v) is 2.65. The highest BCUT2D eigenvalue weighted by Gasteiger charge is 2.26. The van der Waals surface area contributed by atoms with Crippen LogP contribution in [0.3, 0.4) is 0 Å². The highest BCUT2D eigenvalue weighted by atomic mass is 31.0. The summed E-state index contributed by atoms with van der Waals surface area (Å²) < 4.78 is 4.68. The van der Waals surface area contributed by atoms with E-state index in [-0.39, 0.29) is 32.5 Å². The van der Waals surface area contributed by atoms with Crippen LogP contribution in [-0.2, 0) is 28.7 Å². The maximum absolute atomic E-state index is 12.4. The summed E-state index contributed by atoms with van der Waals surface area (Å²) in [6.07, 6.45) is 3.11.